The average molecular weight is 260 g/mol. The fourth-order valence-electron chi connectivity index (χ4n) is 2.30. The van der Waals surface area contributed by atoms with Crippen molar-refractivity contribution in [1.82, 2.24) is 9.47 Å². The van der Waals surface area contributed by atoms with Crippen molar-refractivity contribution in [3.63, 3.8) is 0 Å². The molecule has 0 atom stereocenters. The highest BCUT2D eigenvalue weighted by molar-refractivity contribution is 5.93. The first-order chi connectivity index (χ1) is 9.15. The first kappa shape index (κ1) is 13.6. The number of nitrogens with zero attached hydrogens (tertiary/aromatic N) is 2. The fraction of sp³-hybridized carbons (Fsp3) is 0.400. The Labute approximate surface area is 113 Å². The van der Waals surface area contributed by atoms with Crippen molar-refractivity contribution in [3.8, 4) is 0 Å². The molecule has 0 saturated heterocycles. The molecule has 4 nitrogen and oxygen atoms in total. The van der Waals surface area contributed by atoms with E-state index in [0.717, 1.165) is 37.1 Å². The first-order valence-electron chi connectivity index (χ1n) is 6.70. The molecule has 1 heterocycles. The lowest BCUT2D eigenvalue weighted by molar-refractivity contribution is 0.0697. The lowest BCUT2D eigenvalue weighted by Gasteiger charge is -2.18. The van der Waals surface area contributed by atoms with Crippen LogP contribution in [0, 0.1) is 0 Å². The summed E-state index contributed by atoms with van der Waals surface area (Å²) in [5, 5.41) is 10.1. The molecule has 0 aliphatic carbocycles. The third kappa shape index (κ3) is 2.96. The zero-order valence-corrected chi connectivity index (χ0v) is 11.5. The van der Waals surface area contributed by atoms with Crippen molar-refractivity contribution in [2.24, 2.45) is 0 Å². The van der Waals surface area contributed by atoms with Gasteiger partial charge in [0.2, 0.25) is 0 Å². The lowest BCUT2D eigenvalue weighted by atomic mass is 10.1. The summed E-state index contributed by atoms with van der Waals surface area (Å²) < 4.78 is 2.13. The molecule has 2 aromatic rings. The number of carbonyl (C=O) groups is 1. The molecule has 0 unspecified atom stereocenters. The molecule has 0 aliphatic rings. The molecule has 1 aromatic carbocycles. The van der Waals surface area contributed by atoms with E-state index in [4.69, 9.17) is 5.11 Å². The minimum atomic E-state index is -0.876. The van der Waals surface area contributed by atoms with Crippen LogP contribution in [0.5, 0.6) is 0 Å². The van der Waals surface area contributed by atoms with E-state index in [2.05, 4.69) is 23.3 Å². The lowest BCUT2D eigenvalue weighted by Crippen LogP contribution is -2.26. The van der Waals surface area contributed by atoms with Gasteiger partial charge < -0.3 is 14.6 Å². The molecule has 0 radical (unpaired) electrons. The van der Waals surface area contributed by atoms with E-state index in [1.165, 1.54) is 0 Å². The van der Waals surface area contributed by atoms with Crippen LogP contribution in [-0.4, -0.2) is 40.2 Å². The van der Waals surface area contributed by atoms with E-state index in [0.29, 0.717) is 5.56 Å². The van der Waals surface area contributed by atoms with Gasteiger partial charge in [-0.1, -0.05) is 19.9 Å². The highest BCUT2D eigenvalue weighted by Crippen LogP contribution is 2.18. The van der Waals surface area contributed by atoms with E-state index < -0.39 is 5.97 Å². The maximum absolute atomic E-state index is 11.0. The van der Waals surface area contributed by atoms with Crippen LogP contribution in [-0.2, 0) is 6.54 Å². The summed E-state index contributed by atoms with van der Waals surface area (Å²) in [6.07, 6.45) is 2.03. The van der Waals surface area contributed by atoms with E-state index in [-0.39, 0.29) is 0 Å². The third-order valence-corrected chi connectivity index (χ3v) is 3.57. The number of rotatable bonds is 6. The number of carboxylic acid groups (broad SMARTS) is 1. The molecule has 1 N–H and O–H groups in total. The fourth-order valence-corrected chi connectivity index (χ4v) is 2.30. The Kier molecular flexibility index (Phi) is 4.22. The summed E-state index contributed by atoms with van der Waals surface area (Å²) in [7, 11) is 0. The van der Waals surface area contributed by atoms with E-state index in [1.54, 1.807) is 12.1 Å². The van der Waals surface area contributed by atoms with Crippen LogP contribution < -0.4 is 0 Å². The maximum atomic E-state index is 11.0. The molecule has 102 valence electrons. The Bertz CT molecular complexity index is 571. The highest BCUT2D eigenvalue weighted by Gasteiger charge is 2.07. The molecule has 0 saturated carbocycles. The van der Waals surface area contributed by atoms with Gasteiger partial charge in [-0.15, -0.1) is 0 Å². The number of hydrogen-bond donors (Lipinski definition) is 1. The second kappa shape index (κ2) is 5.89. The number of fused-ring (bicyclic) bond motifs is 1. The largest absolute Gasteiger partial charge is 0.478 e. The van der Waals surface area contributed by atoms with Gasteiger partial charge in [0, 0.05) is 24.8 Å². The van der Waals surface area contributed by atoms with Gasteiger partial charge in [0.15, 0.2) is 0 Å². The number of benzene rings is 1. The van der Waals surface area contributed by atoms with Crippen LogP contribution in [0.4, 0.5) is 0 Å². The Morgan fingerprint density at radius 3 is 2.63 bits per heavy atom. The molecule has 0 bridgehead atoms. The average Bonchev–Trinajstić information content (AvgIpc) is 2.82. The van der Waals surface area contributed by atoms with Gasteiger partial charge >= 0.3 is 5.97 Å². The zero-order chi connectivity index (χ0) is 13.8. The van der Waals surface area contributed by atoms with Gasteiger partial charge in [-0.2, -0.15) is 0 Å². The molecule has 0 aliphatic heterocycles. The first-order valence-corrected chi connectivity index (χ1v) is 6.70. The molecule has 2 rings (SSSR count). The molecule has 0 fully saturated rings. The van der Waals surface area contributed by atoms with Crippen LogP contribution in [0.1, 0.15) is 24.2 Å². The maximum Gasteiger partial charge on any atom is 0.335 e. The second-order valence-electron chi connectivity index (χ2n) is 4.61. The van der Waals surface area contributed by atoms with E-state index >= 15 is 0 Å². The zero-order valence-electron chi connectivity index (χ0n) is 11.5. The van der Waals surface area contributed by atoms with E-state index in [1.807, 2.05) is 18.3 Å². The Balaban J connectivity index is 2.23. The topological polar surface area (TPSA) is 45.5 Å². The monoisotopic (exact) mass is 260 g/mol. The SMILES string of the molecule is CCN(CC)CCn1ccc2ccc(C(=O)O)cc21. The van der Waals surface area contributed by atoms with Crippen LogP contribution in [0.3, 0.4) is 0 Å². The molecular weight excluding hydrogens is 240 g/mol. The number of aromatic carboxylic acids is 1. The van der Waals surface area contributed by atoms with Crippen LogP contribution in [0.15, 0.2) is 30.5 Å². The number of hydrogen-bond acceptors (Lipinski definition) is 2. The Morgan fingerprint density at radius 1 is 1.26 bits per heavy atom. The molecule has 19 heavy (non-hydrogen) atoms. The second-order valence-corrected chi connectivity index (χ2v) is 4.61. The number of aromatic nitrogens is 1. The molecular formula is C15H20N2O2. The van der Waals surface area contributed by atoms with Crippen molar-refractivity contribution in [1.29, 1.82) is 0 Å². The van der Waals surface area contributed by atoms with Crippen molar-refractivity contribution < 1.29 is 9.90 Å². The number of likely N-dealkylation sites (N-methyl/N-ethyl adjacent to an activating group) is 1. The van der Waals surface area contributed by atoms with Gasteiger partial charge in [0.1, 0.15) is 0 Å². The standard InChI is InChI=1S/C15H20N2O2/c1-3-16(4-2)9-10-17-8-7-12-5-6-13(15(18)19)11-14(12)17/h5-8,11H,3-4,9-10H2,1-2H3,(H,18,19). The summed E-state index contributed by atoms with van der Waals surface area (Å²) in [5.41, 5.74) is 1.34. The van der Waals surface area contributed by atoms with Gasteiger partial charge in [-0.25, -0.2) is 4.79 Å². The van der Waals surface area contributed by atoms with Crippen LogP contribution in [0.2, 0.25) is 0 Å². The molecule has 1 aromatic heterocycles. The molecule has 0 amide bonds. The van der Waals surface area contributed by atoms with Gasteiger partial charge in [-0.3, -0.25) is 0 Å². The van der Waals surface area contributed by atoms with Crippen molar-refractivity contribution in [3.05, 3.63) is 36.0 Å². The normalized spacial score (nSPS) is 11.3. The van der Waals surface area contributed by atoms with Gasteiger partial charge in [0.25, 0.3) is 0 Å². The van der Waals surface area contributed by atoms with Crippen molar-refractivity contribution in [2.75, 3.05) is 19.6 Å². The highest BCUT2D eigenvalue weighted by atomic mass is 16.4. The predicted molar refractivity (Wildman–Crippen MR) is 76.7 cm³/mol. The minimum Gasteiger partial charge on any atom is -0.478 e. The smallest absolute Gasteiger partial charge is 0.335 e. The minimum absolute atomic E-state index is 0.343. The van der Waals surface area contributed by atoms with Crippen molar-refractivity contribution in [2.45, 2.75) is 20.4 Å². The molecule has 4 heteroatoms. The van der Waals surface area contributed by atoms with Crippen molar-refractivity contribution >= 4 is 16.9 Å². The number of carboxylic acids is 1. The Hall–Kier alpha value is -1.81. The summed E-state index contributed by atoms with van der Waals surface area (Å²) in [5.74, 6) is -0.876. The van der Waals surface area contributed by atoms with Crippen LogP contribution in [0.25, 0.3) is 10.9 Å². The van der Waals surface area contributed by atoms with Gasteiger partial charge in [0.05, 0.1) is 5.56 Å². The Morgan fingerprint density at radius 2 is 2.00 bits per heavy atom. The van der Waals surface area contributed by atoms with Crippen LogP contribution >= 0.6 is 0 Å². The quantitative estimate of drug-likeness (QED) is 0.868. The summed E-state index contributed by atoms with van der Waals surface area (Å²) >= 11 is 0. The summed E-state index contributed by atoms with van der Waals surface area (Å²) in [6.45, 7) is 8.24. The summed E-state index contributed by atoms with van der Waals surface area (Å²) in [6, 6.07) is 7.30. The summed E-state index contributed by atoms with van der Waals surface area (Å²) in [4.78, 5) is 13.4. The predicted octanol–water partition coefficient (Wildman–Crippen LogP) is 2.68. The van der Waals surface area contributed by atoms with E-state index in [9.17, 15) is 4.79 Å². The molecule has 0 spiro atoms. The van der Waals surface area contributed by atoms with Gasteiger partial charge in [-0.05, 0) is 36.7 Å². The third-order valence-electron chi connectivity index (χ3n) is 3.57.